The predicted molar refractivity (Wildman–Crippen MR) is 73.9 cm³/mol. The maximum absolute atomic E-state index is 13.0. The van der Waals surface area contributed by atoms with E-state index < -0.39 is 11.6 Å². The van der Waals surface area contributed by atoms with E-state index in [1.807, 2.05) is 0 Å². The van der Waals surface area contributed by atoms with Gasteiger partial charge in [-0.1, -0.05) is 0 Å². The first-order chi connectivity index (χ1) is 10.1. The smallest absolute Gasteiger partial charge is 0.238 e. The van der Waals surface area contributed by atoms with Crippen LogP contribution in [0, 0.1) is 17.6 Å². The lowest BCUT2D eigenvalue weighted by molar-refractivity contribution is -0.115. The highest BCUT2D eigenvalue weighted by Crippen LogP contribution is 2.45. The Hall–Kier alpha value is -1.53. The molecule has 1 aliphatic heterocycles. The van der Waals surface area contributed by atoms with E-state index in [2.05, 4.69) is 10.6 Å². The summed E-state index contributed by atoms with van der Waals surface area (Å²) in [6, 6.07) is 2.96. The maximum Gasteiger partial charge on any atom is 0.238 e. The molecule has 21 heavy (non-hydrogen) atoms. The lowest BCUT2D eigenvalue weighted by Gasteiger charge is -2.22. The molecule has 2 N–H and O–H groups in total. The van der Waals surface area contributed by atoms with Crippen LogP contribution in [-0.4, -0.2) is 31.2 Å². The van der Waals surface area contributed by atoms with E-state index in [0.717, 1.165) is 50.7 Å². The Kier molecular flexibility index (Phi) is 3.91. The number of nitrogens with one attached hydrogen (secondary N) is 2. The summed E-state index contributed by atoms with van der Waals surface area (Å²) in [5.74, 6) is -1.26. The van der Waals surface area contributed by atoms with Crippen molar-refractivity contribution in [1.82, 2.24) is 5.32 Å². The molecule has 2 aliphatic rings. The number of amides is 1. The predicted octanol–water partition coefficient (Wildman–Crippen LogP) is 2.06. The Labute approximate surface area is 121 Å². The van der Waals surface area contributed by atoms with Crippen LogP contribution in [0.2, 0.25) is 0 Å². The third kappa shape index (κ3) is 3.39. The lowest BCUT2D eigenvalue weighted by atomic mass is 9.96. The molecule has 1 aliphatic carbocycles. The average molecular weight is 296 g/mol. The Bertz CT molecular complexity index is 520. The topological polar surface area (TPSA) is 50.4 Å². The third-order valence-corrected chi connectivity index (χ3v) is 4.25. The molecule has 1 heterocycles. The SMILES string of the molecule is O=C(CNC1(C2CCOC2)CC1)Nc1cc(F)cc(F)c1. The Morgan fingerprint density at radius 1 is 1.29 bits per heavy atom. The van der Waals surface area contributed by atoms with E-state index in [0.29, 0.717) is 5.92 Å². The van der Waals surface area contributed by atoms with Crippen LogP contribution >= 0.6 is 0 Å². The van der Waals surface area contributed by atoms with Crippen molar-refractivity contribution < 1.29 is 18.3 Å². The van der Waals surface area contributed by atoms with Gasteiger partial charge in [-0.3, -0.25) is 4.79 Å². The first-order valence-corrected chi connectivity index (χ1v) is 7.16. The highest BCUT2D eigenvalue weighted by atomic mass is 19.1. The van der Waals surface area contributed by atoms with Gasteiger partial charge in [0.05, 0.1) is 13.2 Å². The van der Waals surface area contributed by atoms with Gasteiger partial charge in [0.15, 0.2) is 0 Å². The molecular weight excluding hydrogens is 278 g/mol. The van der Waals surface area contributed by atoms with E-state index in [9.17, 15) is 13.6 Å². The molecule has 1 saturated carbocycles. The van der Waals surface area contributed by atoms with Crippen molar-refractivity contribution in [3.8, 4) is 0 Å². The molecule has 3 rings (SSSR count). The average Bonchev–Trinajstić information content (AvgIpc) is 2.99. The van der Waals surface area contributed by atoms with Crippen molar-refractivity contribution >= 4 is 11.6 Å². The van der Waals surface area contributed by atoms with Gasteiger partial charge in [0.2, 0.25) is 5.91 Å². The van der Waals surface area contributed by atoms with Crippen molar-refractivity contribution in [3.63, 3.8) is 0 Å². The second-order valence-electron chi connectivity index (χ2n) is 5.78. The molecule has 6 heteroatoms. The van der Waals surface area contributed by atoms with Crippen LogP contribution in [0.5, 0.6) is 0 Å². The van der Waals surface area contributed by atoms with Gasteiger partial charge in [0, 0.05) is 29.8 Å². The number of hydrogen-bond donors (Lipinski definition) is 2. The van der Waals surface area contributed by atoms with Gasteiger partial charge in [0.1, 0.15) is 11.6 Å². The largest absolute Gasteiger partial charge is 0.381 e. The van der Waals surface area contributed by atoms with Crippen LogP contribution < -0.4 is 10.6 Å². The molecule has 4 nitrogen and oxygen atoms in total. The minimum Gasteiger partial charge on any atom is -0.381 e. The number of rotatable bonds is 5. The van der Waals surface area contributed by atoms with Crippen LogP contribution in [0.25, 0.3) is 0 Å². The molecule has 2 fully saturated rings. The van der Waals surface area contributed by atoms with Gasteiger partial charge in [-0.25, -0.2) is 8.78 Å². The number of carbonyl (C=O) groups excluding carboxylic acids is 1. The van der Waals surface area contributed by atoms with Crippen molar-refractivity contribution in [2.75, 3.05) is 25.1 Å². The number of carbonyl (C=O) groups is 1. The zero-order valence-electron chi connectivity index (χ0n) is 11.6. The van der Waals surface area contributed by atoms with E-state index in [4.69, 9.17) is 4.74 Å². The quantitative estimate of drug-likeness (QED) is 0.874. The highest BCUT2D eigenvalue weighted by Gasteiger charge is 2.50. The first kappa shape index (κ1) is 14.4. The van der Waals surface area contributed by atoms with Crippen LogP contribution in [0.15, 0.2) is 18.2 Å². The van der Waals surface area contributed by atoms with Gasteiger partial charge in [0.25, 0.3) is 0 Å². The van der Waals surface area contributed by atoms with Gasteiger partial charge >= 0.3 is 0 Å². The van der Waals surface area contributed by atoms with Crippen LogP contribution in [-0.2, 0) is 9.53 Å². The second-order valence-corrected chi connectivity index (χ2v) is 5.78. The van der Waals surface area contributed by atoms with Crippen LogP contribution in [0.1, 0.15) is 19.3 Å². The minimum atomic E-state index is -0.708. The molecule has 0 bridgehead atoms. The van der Waals surface area contributed by atoms with Gasteiger partial charge in [-0.15, -0.1) is 0 Å². The Morgan fingerprint density at radius 2 is 2.00 bits per heavy atom. The standard InChI is InChI=1S/C15H18F2N2O2/c16-11-5-12(17)7-13(6-11)19-14(20)8-18-15(2-3-15)10-1-4-21-9-10/h5-7,10,18H,1-4,8-9H2,(H,19,20). The molecule has 1 atom stereocenters. The summed E-state index contributed by atoms with van der Waals surface area (Å²) in [5, 5.41) is 5.78. The Morgan fingerprint density at radius 3 is 2.57 bits per heavy atom. The molecule has 0 aromatic heterocycles. The fourth-order valence-electron chi connectivity index (χ4n) is 2.92. The second kappa shape index (κ2) is 5.69. The first-order valence-electron chi connectivity index (χ1n) is 7.16. The number of anilines is 1. The Balaban J connectivity index is 1.52. The fraction of sp³-hybridized carbons (Fsp3) is 0.533. The summed E-state index contributed by atoms with van der Waals surface area (Å²) in [7, 11) is 0. The zero-order valence-corrected chi connectivity index (χ0v) is 11.6. The van der Waals surface area contributed by atoms with Crippen molar-refractivity contribution in [2.24, 2.45) is 5.92 Å². The van der Waals surface area contributed by atoms with Crippen molar-refractivity contribution in [3.05, 3.63) is 29.8 Å². The molecule has 1 aromatic rings. The summed E-state index contributed by atoms with van der Waals surface area (Å²) in [4.78, 5) is 11.9. The number of halogens is 2. The van der Waals surface area contributed by atoms with Gasteiger partial charge < -0.3 is 15.4 Å². The van der Waals surface area contributed by atoms with Gasteiger partial charge in [-0.2, -0.15) is 0 Å². The van der Waals surface area contributed by atoms with E-state index >= 15 is 0 Å². The summed E-state index contributed by atoms with van der Waals surface area (Å²) in [5.41, 5.74) is 0.148. The van der Waals surface area contributed by atoms with E-state index in [1.165, 1.54) is 0 Å². The summed E-state index contributed by atoms with van der Waals surface area (Å²) in [6.07, 6.45) is 3.11. The molecule has 1 amide bonds. The van der Waals surface area contributed by atoms with Crippen LogP contribution in [0.4, 0.5) is 14.5 Å². The molecule has 1 saturated heterocycles. The van der Waals surface area contributed by atoms with E-state index in [-0.39, 0.29) is 23.7 Å². The molecule has 0 radical (unpaired) electrons. The molecular formula is C15H18F2N2O2. The van der Waals surface area contributed by atoms with E-state index in [1.54, 1.807) is 0 Å². The number of ether oxygens (including phenoxy) is 1. The number of hydrogen-bond acceptors (Lipinski definition) is 3. The molecule has 1 aromatic carbocycles. The molecule has 114 valence electrons. The maximum atomic E-state index is 13.0. The normalized spacial score (nSPS) is 23.0. The minimum absolute atomic E-state index is 0.0149. The summed E-state index contributed by atoms with van der Waals surface area (Å²) in [6.45, 7) is 1.65. The monoisotopic (exact) mass is 296 g/mol. The summed E-state index contributed by atoms with van der Waals surface area (Å²) >= 11 is 0. The fourth-order valence-corrected chi connectivity index (χ4v) is 2.92. The van der Waals surface area contributed by atoms with Crippen LogP contribution in [0.3, 0.4) is 0 Å². The zero-order chi connectivity index (χ0) is 14.9. The number of benzene rings is 1. The van der Waals surface area contributed by atoms with Crippen molar-refractivity contribution in [2.45, 2.75) is 24.8 Å². The lowest BCUT2D eigenvalue weighted by Crippen LogP contribution is -2.43. The molecule has 0 spiro atoms. The van der Waals surface area contributed by atoms with Crippen molar-refractivity contribution in [1.29, 1.82) is 0 Å². The highest BCUT2D eigenvalue weighted by molar-refractivity contribution is 5.92. The van der Waals surface area contributed by atoms with Gasteiger partial charge in [-0.05, 0) is 31.4 Å². The third-order valence-electron chi connectivity index (χ3n) is 4.25. The summed E-state index contributed by atoms with van der Waals surface area (Å²) < 4.78 is 31.5. The molecule has 1 unspecified atom stereocenters.